The van der Waals surface area contributed by atoms with Crippen molar-refractivity contribution in [3.05, 3.63) is 23.3 Å². The van der Waals surface area contributed by atoms with E-state index < -0.39 is 17.9 Å². The van der Waals surface area contributed by atoms with Crippen molar-refractivity contribution in [1.82, 2.24) is 4.90 Å². The molecule has 1 amide bonds. The molecule has 6 aliphatic rings. The number of ketones is 2. The standard InChI is InChI=1S/C36H48F2N2O3/c1-22-24-7-9-33(5)27(32(24,4)18-23(20-39)30(22)43)17-26(41)29-25-19-31(2,3)11-13-35(25,14-12-34(29,33)6)10-8-28(42)40-16-15-36(37,38)21-40/h17-18,22,24-25,29H,7-16,19,21H2,1-6H3/t22-,24-,25?,29?,32-,33+,34+,35+/m0/s1. The van der Waals surface area contributed by atoms with Crippen molar-refractivity contribution in [1.29, 1.82) is 5.26 Å². The summed E-state index contributed by atoms with van der Waals surface area (Å²) in [5, 5.41) is 9.84. The molecule has 0 aromatic heterocycles. The first-order valence-electron chi connectivity index (χ1n) is 16.5. The third-order valence-electron chi connectivity index (χ3n) is 14.1. The zero-order valence-corrected chi connectivity index (χ0v) is 26.8. The van der Waals surface area contributed by atoms with Crippen molar-refractivity contribution in [2.75, 3.05) is 13.1 Å². The quantitative estimate of drug-likeness (QED) is 0.340. The molecular weight excluding hydrogens is 546 g/mol. The van der Waals surface area contributed by atoms with Gasteiger partial charge in [-0.05, 0) is 90.9 Å². The third-order valence-corrected chi connectivity index (χ3v) is 14.1. The highest BCUT2D eigenvalue weighted by molar-refractivity contribution is 6.02. The van der Waals surface area contributed by atoms with Crippen LogP contribution in [0.15, 0.2) is 23.3 Å². The molecule has 0 bridgehead atoms. The molecule has 5 nitrogen and oxygen atoms in total. The first kappa shape index (κ1) is 30.7. The SMILES string of the molecule is C[C@@H]1C(=O)C(C#N)=C[C@]2(C)C3=CC(=O)C4C5CC(C)(C)CC[C@]5(CCC(=O)N5CCC(F)(F)C5)CC[C@@]4(C)[C@]3(C)CC[C@@H]12. The predicted octanol–water partition coefficient (Wildman–Crippen LogP) is 7.46. The van der Waals surface area contributed by atoms with Crippen LogP contribution in [-0.4, -0.2) is 41.4 Å². The molecule has 4 fully saturated rings. The number of halogens is 2. The summed E-state index contributed by atoms with van der Waals surface area (Å²) in [6.07, 6.45) is 10.9. The number of hydrogen-bond acceptors (Lipinski definition) is 4. The van der Waals surface area contributed by atoms with Crippen LogP contribution in [0.3, 0.4) is 0 Å². The van der Waals surface area contributed by atoms with Crippen molar-refractivity contribution >= 4 is 17.5 Å². The van der Waals surface area contributed by atoms with Gasteiger partial charge in [-0.25, -0.2) is 8.78 Å². The van der Waals surface area contributed by atoms with Gasteiger partial charge in [0.1, 0.15) is 6.07 Å². The van der Waals surface area contributed by atoms with Crippen molar-refractivity contribution in [3.8, 4) is 6.07 Å². The van der Waals surface area contributed by atoms with E-state index in [-0.39, 0.29) is 87.8 Å². The number of nitrogens with zero attached hydrogens (tertiary/aromatic N) is 2. The number of hydrogen-bond donors (Lipinski definition) is 0. The Balaban J connectivity index is 1.38. The Labute approximate surface area is 255 Å². The summed E-state index contributed by atoms with van der Waals surface area (Å²) >= 11 is 0. The summed E-state index contributed by atoms with van der Waals surface area (Å²) < 4.78 is 27.8. The van der Waals surface area contributed by atoms with E-state index in [1.54, 1.807) is 0 Å². The van der Waals surface area contributed by atoms with E-state index in [1.165, 1.54) is 4.90 Å². The Hall–Kier alpha value is -2.36. The average molecular weight is 595 g/mol. The van der Waals surface area contributed by atoms with Gasteiger partial charge in [0, 0.05) is 36.6 Å². The minimum Gasteiger partial charge on any atom is -0.336 e. The van der Waals surface area contributed by atoms with Gasteiger partial charge in [0.15, 0.2) is 11.6 Å². The molecule has 0 aromatic rings. The van der Waals surface area contributed by atoms with Gasteiger partial charge in [-0.2, -0.15) is 5.26 Å². The summed E-state index contributed by atoms with van der Waals surface area (Å²) in [5.74, 6) is -3.17. The molecule has 6 rings (SSSR count). The van der Waals surface area contributed by atoms with Crippen molar-refractivity contribution < 1.29 is 23.2 Å². The number of amides is 1. The van der Waals surface area contributed by atoms with Crippen LogP contribution in [-0.2, 0) is 14.4 Å². The van der Waals surface area contributed by atoms with E-state index in [1.807, 2.05) is 19.1 Å². The van der Waals surface area contributed by atoms with E-state index in [0.717, 1.165) is 50.5 Å². The number of nitriles is 1. The van der Waals surface area contributed by atoms with Crippen LogP contribution in [0.5, 0.6) is 0 Å². The Morgan fingerprint density at radius 2 is 1.72 bits per heavy atom. The number of Topliss-reactive ketones (excluding diaryl/α,β-unsaturated/α-hetero) is 1. The third kappa shape index (κ3) is 4.35. The van der Waals surface area contributed by atoms with Gasteiger partial charge in [0.25, 0.3) is 5.92 Å². The summed E-state index contributed by atoms with van der Waals surface area (Å²) in [6, 6.07) is 2.15. The van der Waals surface area contributed by atoms with Gasteiger partial charge in [-0.3, -0.25) is 14.4 Å². The number of alkyl halides is 2. The van der Waals surface area contributed by atoms with Crippen molar-refractivity contribution in [3.63, 3.8) is 0 Å². The molecule has 0 spiro atoms. The number of fused-ring (bicyclic) bond motifs is 7. The van der Waals surface area contributed by atoms with Crippen LogP contribution in [0.2, 0.25) is 0 Å². The molecule has 7 heteroatoms. The smallest absolute Gasteiger partial charge is 0.267 e. The molecule has 0 N–H and O–H groups in total. The number of carbonyl (C=O) groups excluding carboxylic acids is 3. The molecule has 2 unspecified atom stereocenters. The molecule has 5 aliphatic carbocycles. The van der Waals surface area contributed by atoms with Crippen molar-refractivity contribution in [2.24, 2.45) is 50.7 Å². The molecule has 234 valence electrons. The maximum absolute atomic E-state index is 14.6. The molecule has 8 atom stereocenters. The molecule has 1 saturated heterocycles. The maximum Gasteiger partial charge on any atom is 0.267 e. The fourth-order valence-electron chi connectivity index (χ4n) is 11.3. The van der Waals surface area contributed by atoms with Gasteiger partial charge < -0.3 is 4.90 Å². The van der Waals surface area contributed by atoms with E-state index in [9.17, 15) is 28.4 Å². The predicted molar refractivity (Wildman–Crippen MR) is 160 cm³/mol. The number of likely N-dealkylation sites (tertiary alicyclic amines) is 1. The zero-order chi connectivity index (χ0) is 31.4. The summed E-state index contributed by atoms with van der Waals surface area (Å²) in [5.41, 5.74) is 0.142. The first-order valence-corrected chi connectivity index (χ1v) is 16.5. The first-order chi connectivity index (χ1) is 19.9. The van der Waals surface area contributed by atoms with E-state index in [4.69, 9.17) is 0 Å². The highest BCUT2D eigenvalue weighted by Gasteiger charge is 2.68. The van der Waals surface area contributed by atoms with Crippen LogP contribution in [0.1, 0.15) is 106 Å². The Morgan fingerprint density at radius 3 is 2.37 bits per heavy atom. The lowest BCUT2D eigenvalue weighted by Crippen LogP contribution is -2.64. The lowest BCUT2D eigenvalue weighted by Gasteiger charge is -2.69. The highest BCUT2D eigenvalue weighted by atomic mass is 19.3. The molecule has 1 heterocycles. The fourth-order valence-corrected chi connectivity index (χ4v) is 11.3. The Kier molecular flexibility index (Phi) is 6.82. The lowest BCUT2D eigenvalue weighted by molar-refractivity contribution is -0.171. The summed E-state index contributed by atoms with van der Waals surface area (Å²) in [6.45, 7) is 13.0. The second-order valence-electron chi connectivity index (χ2n) is 16.7. The minimum absolute atomic E-state index is 0.0599. The van der Waals surface area contributed by atoms with E-state index in [2.05, 4.69) is 40.7 Å². The molecular formula is C36H48F2N2O3. The van der Waals surface area contributed by atoms with Crippen molar-refractivity contribution in [2.45, 2.75) is 112 Å². The molecule has 0 radical (unpaired) electrons. The maximum atomic E-state index is 14.6. The van der Waals surface area contributed by atoms with E-state index in [0.29, 0.717) is 6.42 Å². The van der Waals surface area contributed by atoms with Gasteiger partial charge >= 0.3 is 0 Å². The van der Waals surface area contributed by atoms with Crippen LogP contribution in [0.25, 0.3) is 0 Å². The monoisotopic (exact) mass is 594 g/mol. The lowest BCUT2D eigenvalue weighted by atomic mass is 9.34. The van der Waals surface area contributed by atoms with Crippen LogP contribution < -0.4 is 0 Å². The zero-order valence-electron chi connectivity index (χ0n) is 26.8. The number of carbonyl (C=O) groups is 3. The fraction of sp³-hybridized carbons (Fsp3) is 0.778. The molecule has 3 saturated carbocycles. The number of rotatable bonds is 3. The minimum atomic E-state index is -2.80. The highest BCUT2D eigenvalue weighted by Crippen LogP contribution is 2.74. The Bertz CT molecular complexity index is 1370. The second kappa shape index (κ2) is 9.57. The van der Waals surface area contributed by atoms with E-state index >= 15 is 0 Å². The molecule has 1 aliphatic heterocycles. The van der Waals surface area contributed by atoms with Crippen LogP contribution >= 0.6 is 0 Å². The Morgan fingerprint density at radius 1 is 1.02 bits per heavy atom. The van der Waals surface area contributed by atoms with Gasteiger partial charge in [0.2, 0.25) is 5.91 Å². The summed E-state index contributed by atoms with van der Waals surface area (Å²) in [4.78, 5) is 42.1. The van der Waals surface area contributed by atoms with Crippen LogP contribution in [0, 0.1) is 62.1 Å². The van der Waals surface area contributed by atoms with Gasteiger partial charge in [0.05, 0.1) is 12.1 Å². The summed E-state index contributed by atoms with van der Waals surface area (Å²) in [7, 11) is 0. The number of allylic oxidation sites excluding steroid dienone is 4. The largest absolute Gasteiger partial charge is 0.336 e. The topological polar surface area (TPSA) is 78.2 Å². The van der Waals surface area contributed by atoms with Gasteiger partial charge in [-0.1, -0.05) is 53.2 Å². The normalized spacial score (nSPS) is 44.7. The van der Waals surface area contributed by atoms with Crippen LogP contribution in [0.4, 0.5) is 8.78 Å². The average Bonchev–Trinajstić information content (AvgIpc) is 3.30. The molecule has 0 aromatic carbocycles. The molecule has 43 heavy (non-hydrogen) atoms. The van der Waals surface area contributed by atoms with Gasteiger partial charge in [-0.15, -0.1) is 0 Å². The second-order valence-corrected chi connectivity index (χ2v) is 16.7.